The molecule has 1 amide bonds. The van der Waals surface area contributed by atoms with Gasteiger partial charge in [-0.2, -0.15) is 0 Å². The Hall–Kier alpha value is -2.60. The molecule has 1 saturated carbocycles. The summed E-state index contributed by atoms with van der Waals surface area (Å²) in [5, 5.41) is 12.2. The minimum atomic E-state index is -1.15. The van der Waals surface area contributed by atoms with Crippen molar-refractivity contribution in [3.05, 3.63) is 64.3 Å². The van der Waals surface area contributed by atoms with Crippen LogP contribution in [0, 0.1) is 11.8 Å². The molecule has 0 atom stereocenters. The van der Waals surface area contributed by atoms with Gasteiger partial charge in [0.2, 0.25) is 5.91 Å². The lowest BCUT2D eigenvalue weighted by Crippen LogP contribution is -2.34. The molecule has 0 heterocycles. The zero-order valence-electron chi connectivity index (χ0n) is 17.6. The van der Waals surface area contributed by atoms with Gasteiger partial charge in [-0.3, -0.25) is 4.79 Å². The van der Waals surface area contributed by atoms with Gasteiger partial charge in [0, 0.05) is 5.92 Å². The molecule has 0 bridgehead atoms. The third-order valence-corrected chi connectivity index (χ3v) is 6.31. The maximum absolute atomic E-state index is 12.6. The van der Waals surface area contributed by atoms with E-state index in [1.54, 1.807) is 24.3 Å². The van der Waals surface area contributed by atoms with E-state index < -0.39 is 5.97 Å². The van der Waals surface area contributed by atoms with Crippen molar-refractivity contribution >= 4 is 33.9 Å². The predicted octanol–water partition coefficient (Wildman–Crippen LogP) is 6.39. The highest BCUT2D eigenvalue weighted by molar-refractivity contribution is 9.10. The highest BCUT2D eigenvalue weighted by Gasteiger charge is 2.27. The van der Waals surface area contributed by atoms with Crippen molar-refractivity contribution in [2.24, 2.45) is 11.8 Å². The van der Waals surface area contributed by atoms with Gasteiger partial charge in [-0.1, -0.05) is 44.0 Å². The van der Waals surface area contributed by atoms with Gasteiger partial charge in [0.1, 0.15) is 17.2 Å². The van der Waals surface area contributed by atoms with Crippen molar-refractivity contribution in [3.8, 4) is 11.5 Å². The normalized spacial score (nSPS) is 19.0. The number of hydrogen-bond donors (Lipinski definition) is 2. The fourth-order valence-electron chi connectivity index (χ4n) is 3.96. The first-order valence-corrected chi connectivity index (χ1v) is 11.5. The van der Waals surface area contributed by atoms with E-state index >= 15 is 0 Å². The van der Waals surface area contributed by atoms with E-state index in [1.807, 2.05) is 24.3 Å². The summed E-state index contributed by atoms with van der Waals surface area (Å²) in [5.41, 5.74) is 0.559. The number of aliphatic carboxylic acids is 1. The molecule has 2 N–H and O–H groups in total. The largest absolute Gasteiger partial charge is 0.477 e. The Morgan fingerprint density at radius 3 is 2.39 bits per heavy atom. The predicted molar refractivity (Wildman–Crippen MR) is 125 cm³/mol. The third-order valence-electron chi connectivity index (χ3n) is 5.66. The molecule has 0 radical (unpaired) electrons. The van der Waals surface area contributed by atoms with E-state index in [0.717, 1.165) is 30.2 Å². The lowest BCUT2D eigenvalue weighted by molar-refractivity contribution is -0.135. The molecule has 31 heavy (non-hydrogen) atoms. The molecule has 0 unspecified atom stereocenters. The Balaban J connectivity index is 1.63. The number of nitrogens with one attached hydrogen (secondary N) is 1. The van der Waals surface area contributed by atoms with Gasteiger partial charge < -0.3 is 15.2 Å². The van der Waals surface area contributed by atoms with Crippen LogP contribution in [0.3, 0.4) is 0 Å². The van der Waals surface area contributed by atoms with Crippen molar-refractivity contribution in [3.63, 3.8) is 0 Å². The first kappa shape index (κ1) is 23.1. The van der Waals surface area contributed by atoms with Crippen molar-refractivity contribution in [1.82, 2.24) is 5.32 Å². The van der Waals surface area contributed by atoms with Crippen LogP contribution in [0.4, 0.5) is 0 Å². The monoisotopic (exact) mass is 485 g/mol. The summed E-state index contributed by atoms with van der Waals surface area (Å²) in [4.78, 5) is 24.3. The Bertz CT molecular complexity index is 931. The summed E-state index contributed by atoms with van der Waals surface area (Å²) in [5.74, 6) is 0.558. The van der Waals surface area contributed by atoms with E-state index in [-0.39, 0.29) is 17.5 Å². The number of carbonyl (C=O) groups excluding carboxylic acids is 1. The van der Waals surface area contributed by atoms with Gasteiger partial charge in [0.05, 0.1) is 4.47 Å². The molecule has 5 nitrogen and oxygen atoms in total. The highest BCUT2D eigenvalue weighted by Crippen LogP contribution is 2.32. The number of carboxylic acids is 1. The number of halogens is 1. The van der Waals surface area contributed by atoms with Crippen LogP contribution in [0.2, 0.25) is 0 Å². The van der Waals surface area contributed by atoms with Crippen LogP contribution in [0.5, 0.6) is 11.5 Å². The van der Waals surface area contributed by atoms with Crippen LogP contribution in [0.1, 0.15) is 51.0 Å². The van der Waals surface area contributed by atoms with E-state index in [0.29, 0.717) is 23.0 Å². The number of hydrogen-bond acceptors (Lipinski definition) is 3. The molecular formula is C25H28BrNO4. The zero-order chi connectivity index (χ0) is 22.2. The van der Waals surface area contributed by atoms with Gasteiger partial charge in [0.25, 0.3) is 0 Å². The minimum absolute atomic E-state index is 0.111. The van der Waals surface area contributed by atoms with Gasteiger partial charge in [-0.25, -0.2) is 4.79 Å². The Morgan fingerprint density at radius 2 is 1.77 bits per heavy atom. The molecule has 1 fully saturated rings. The molecule has 0 aliphatic heterocycles. The molecular weight excluding hydrogens is 458 g/mol. The number of ether oxygens (including phenoxy) is 1. The van der Waals surface area contributed by atoms with Crippen molar-refractivity contribution < 1.29 is 19.4 Å². The number of carboxylic acid groups (broad SMARTS) is 1. The molecule has 164 valence electrons. The van der Waals surface area contributed by atoms with Crippen molar-refractivity contribution in [1.29, 1.82) is 0 Å². The number of para-hydroxylation sites is 1. The van der Waals surface area contributed by atoms with E-state index in [9.17, 15) is 14.7 Å². The van der Waals surface area contributed by atoms with Gasteiger partial charge >= 0.3 is 5.97 Å². The second-order valence-corrected chi connectivity index (χ2v) is 8.81. The molecule has 6 heteroatoms. The number of carbonyl (C=O) groups is 2. The highest BCUT2D eigenvalue weighted by atomic mass is 79.9. The van der Waals surface area contributed by atoms with Gasteiger partial charge in [-0.15, -0.1) is 0 Å². The summed E-state index contributed by atoms with van der Waals surface area (Å²) < 4.78 is 6.68. The first-order valence-electron chi connectivity index (χ1n) is 10.7. The lowest BCUT2D eigenvalue weighted by Gasteiger charge is -2.27. The number of amides is 1. The van der Waals surface area contributed by atoms with E-state index in [1.165, 1.54) is 18.9 Å². The van der Waals surface area contributed by atoms with Crippen molar-refractivity contribution in [2.45, 2.75) is 45.4 Å². The molecule has 1 aliphatic carbocycles. The molecule has 3 rings (SSSR count). The number of rotatable bonds is 8. The van der Waals surface area contributed by atoms with Gasteiger partial charge in [-0.05, 0) is 83.4 Å². The molecule has 1 aliphatic rings. The quantitative estimate of drug-likeness (QED) is 0.424. The average molecular weight is 486 g/mol. The summed E-state index contributed by atoms with van der Waals surface area (Å²) in [6.45, 7) is 2.18. The number of benzene rings is 2. The standard InChI is InChI=1S/C25H28BrNO4/c1-2-5-17-8-12-19(13-9-17)24(28)27-22(25(29)30)16-18-10-14-20(15-11-18)31-23-7-4-3-6-21(23)26/h3-4,6-7,10-11,14-17,19H,2,5,8-9,12-13H2,1H3,(H,27,28)(H,29,30). The zero-order valence-corrected chi connectivity index (χ0v) is 19.2. The molecule has 2 aromatic carbocycles. The maximum atomic E-state index is 12.6. The summed E-state index contributed by atoms with van der Waals surface area (Å²) >= 11 is 3.44. The smallest absolute Gasteiger partial charge is 0.352 e. The lowest BCUT2D eigenvalue weighted by atomic mass is 9.80. The van der Waals surface area contributed by atoms with Crippen LogP contribution in [-0.4, -0.2) is 17.0 Å². The van der Waals surface area contributed by atoms with Crippen LogP contribution < -0.4 is 10.1 Å². The van der Waals surface area contributed by atoms with E-state index in [2.05, 4.69) is 28.2 Å². The summed E-state index contributed by atoms with van der Waals surface area (Å²) in [6.07, 6.45) is 7.57. The first-order chi connectivity index (χ1) is 15.0. The van der Waals surface area contributed by atoms with Crippen molar-refractivity contribution in [2.75, 3.05) is 0 Å². The summed E-state index contributed by atoms with van der Waals surface area (Å²) in [7, 11) is 0. The Kier molecular flexibility index (Phi) is 8.29. The minimum Gasteiger partial charge on any atom is -0.477 e. The van der Waals surface area contributed by atoms with Crippen LogP contribution >= 0.6 is 15.9 Å². The maximum Gasteiger partial charge on any atom is 0.352 e. The molecule has 0 saturated heterocycles. The fourth-order valence-corrected chi connectivity index (χ4v) is 4.33. The fraction of sp³-hybridized carbons (Fsp3) is 0.360. The summed E-state index contributed by atoms with van der Waals surface area (Å²) in [6, 6.07) is 14.6. The second kappa shape index (κ2) is 11.1. The SMILES string of the molecule is CCCC1CCC(C(=O)NC(=Cc2ccc(Oc3ccccc3Br)cc2)C(=O)O)CC1. The van der Waals surface area contributed by atoms with Crippen LogP contribution in [-0.2, 0) is 9.59 Å². The molecule has 0 aromatic heterocycles. The van der Waals surface area contributed by atoms with Gasteiger partial charge in [0.15, 0.2) is 0 Å². The average Bonchev–Trinajstić information content (AvgIpc) is 2.76. The Morgan fingerprint density at radius 1 is 1.10 bits per heavy atom. The molecule has 2 aromatic rings. The second-order valence-electron chi connectivity index (χ2n) is 7.96. The third kappa shape index (κ3) is 6.69. The van der Waals surface area contributed by atoms with Crippen LogP contribution in [0.25, 0.3) is 6.08 Å². The van der Waals surface area contributed by atoms with E-state index in [4.69, 9.17) is 4.74 Å². The Labute approximate surface area is 191 Å². The topological polar surface area (TPSA) is 75.6 Å². The molecule has 0 spiro atoms. The van der Waals surface area contributed by atoms with Crippen LogP contribution in [0.15, 0.2) is 58.7 Å².